The molecule has 0 aromatic carbocycles. The van der Waals surface area contributed by atoms with Gasteiger partial charge in [0, 0.05) is 10.9 Å². The minimum Gasteiger partial charge on any atom is -0.309 e. The van der Waals surface area contributed by atoms with E-state index < -0.39 is 0 Å². The summed E-state index contributed by atoms with van der Waals surface area (Å²) in [5.74, 6) is 1.88. The van der Waals surface area contributed by atoms with E-state index in [4.69, 9.17) is 5.26 Å². The Hall–Kier alpha value is -0.500. The molecule has 16 heavy (non-hydrogen) atoms. The third kappa shape index (κ3) is 4.17. The summed E-state index contributed by atoms with van der Waals surface area (Å²) < 4.78 is 0. The Morgan fingerprint density at radius 3 is 2.81 bits per heavy atom. The van der Waals surface area contributed by atoms with Crippen LogP contribution in [0.25, 0.3) is 0 Å². The first-order valence-corrected chi connectivity index (χ1v) is 7.60. The molecular weight excluding hydrogens is 236 g/mol. The van der Waals surface area contributed by atoms with Crippen LogP contribution in [-0.2, 0) is 0 Å². The van der Waals surface area contributed by atoms with Gasteiger partial charge in [-0.25, -0.2) is 0 Å². The number of hydrogen-bond donors (Lipinski definition) is 1. The lowest BCUT2D eigenvalue weighted by Crippen LogP contribution is -2.24. The van der Waals surface area contributed by atoms with Gasteiger partial charge in [-0.3, -0.25) is 0 Å². The van der Waals surface area contributed by atoms with Crippen molar-refractivity contribution in [3.05, 3.63) is 21.9 Å². The van der Waals surface area contributed by atoms with Crippen molar-refractivity contribution in [1.82, 2.24) is 5.32 Å². The molecule has 1 rings (SSSR count). The summed E-state index contributed by atoms with van der Waals surface area (Å²) in [6.45, 7) is 5.44. The Kier molecular flexibility index (Phi) is 5.89. The van der Waals surface area contributed by atoms with E-state index in [1.165, 1.54) is 10.6 Å². The van der Waals surface area contributed by atoms with Gasteiger partial charge < -0.3 is 5.32 Å². The molecule has 2 unspecified atom stereocenters. The highest BCUT2D eigenvalue weighted by Crippen LogP contribution is 2.22. The average molecular weight is 254 g/mol. The molecule has 2 nitrogen and oxygen atoms in total. The zero-order valence-corrected chi connectivity index (χ0v) is 11.6. The van der Waals surface area contributed by atoms with Crippen LogP contribution in [0.15, 0.2) is 12.1 Å². The summed E-state index contributed by atoms with van der Waals surface area (Å²) in [4.78, 5) is 2.04. The van der Waals surface area contributed by atoms with E-state index in [-0.39, 0.29) is 0 Å². The van der Waals surface area contributed by atoms with Crippen LogP contribution >= 0.6 is 23.1 Å². The molecule has 0 saturated carbocycles. The monoisotopic (exact) mass is 254 g/mol. The minimum absolute atomic E-state index is 0.344. The Bertz CT molecular complexity index is 354. The Labute approximate surface area is 106 Å². The topological polar surface area (TPSA) is 35.8 Å². The summed E-state index contributed by atoms with van der Waals surface area (Å²) >= 11 is 3.46. The molecule has 0 aliphatic carbocycles. The van der Waals surface area contributed by atoms with Gasteiger partial charge in [-0.15, -0.1) is 11.3 Å². The average Bonchev–Trinajstić information content (AvgIpc) is 2.75. The van der Waals surface area contributed by atoms with Crippen LogP contribution in [0.4, 0.5) is 0 Å². The second-order valence-electron chi connectivity index (χ2n) is 4.00. The highest BCUT2D eigenvalue weighted by Gasteiger charge is 2.09. The fourth-order valence-corrected chi connectivity index (χ4v) is 2.99. The molecule has 0 bridgehead atoms. The lowest BCUT2D eigenvalue weighted by molar-refractivity contribution is 0.505. The maximum Gasteiger partial charge on any atom is 0.110 e. The SMILES string of the molecule is CSCC(C)CNC(C)c1ccc(C#N)s1. The molecule has 4 heteroatoms. The smallest absolute Gasteiger partial charge is 0.110 e. The summed E-state index contributed by atoms with van der Waals surface area (Å²) in [5.41, 5.74) is 0. The van der Waals surface area contributed by atoms with Crippen molar-refractivity contribution in [3.63, 3.8) is 0 Å². The molecule has 0 radical (unpaired) electrons. The van der Waals surface area contributed by atoms with Gasteiger partial charge in [-0.05, 0) is 43.5 Å². The van der Waals surface area contributed by atoms with E-state index in [1.807, 2.05) is 23.9 Å². The number of nitrogens with zero attached hydrogens (tertiary/aromatic N) is 1. The van der Waals surface area contributed by atoms with E-state index in [1.54, 1.807) is 11.3 Å². The van der Waals surface area contributed by atoms with Crippen LogP contribution in [0.3, 0.4) is 0 Å². The number of hydrogen-bond acceptors (Lipinski definition) is 4. The maximum absolute atomic E-state index is 8.76. The lowest BCUT2D eigenvalue weighted by Gasteiger charge is -2.15. The highest BCUT2D eigenvalue weighted by atomic mass is 32.2. The predicted octanol–water partition coefficient (Wildman–Crippen LogP) is 3.27. The standard InChI is InChI=1S/C12H18N2S2/c1-9(8-15-3)7-14-10(2)12-5-4-11(6-13)16-12/h4-5,9-10,14H,7-8H2,1-3H3. The normalized spacial score (nSPS) is 14.4. The second-order valence-corrected chi connectivity index (χ2v) is 6.03. The number of thiophene rings is 1. The van der Waals surface area contributed by atoms with Crippen molar-refractivity contribution >= 4 is 23.1 Å². The van der Waals surface area contributed by atoms with Crippen LogP contribution in [0.2, 0.25) is 0 Å². The van der Waals surface area contributed by atoms with Gasteiger partial charge in [0.15, 0.2) is 0 Å². The molecule has 1 aromatic rings. The van der Waals surface area contributed by atoms with Gasteiger partial charge in [0.05, 0.1) is 0 Å². The van der Waals surface area contributed by atoms with Crippen LogP contribution in [-0.4, -0.2) is 18.6 Å². The Morgan fingerprint density at radius 1 is 1.50 bits per heavy atom. The molecule has 0 spiro atoms. The van der Waals surface area contributed by atoms with E-state index in [0.717, 1.165) is 11.4 Å². The van der Waals surface area contributed by atoms with E-state index in [9.17, 15) is 0 Å². The Morgan fingerprint density at radius 2 is 2.25 bits per heavy atom. The molecular formula is C12H18N2S2. The third-order valence-corrected chi connectivity index (χ3v) is 4.46. The van der Waals surface area contributed by atoms with Gasteiger partial charge in [-0.1, -0.05) is 6.92 Å². The molecule has 0 amide bonds. The zero-order chi connectivity index (χ0) is 12.0. The van der Waals surface area contributed by atoms with Crippen molar-refractivity contribution in [2.24, 2.45) is 5.92 Å². The molecule has 88 valence electrons. The molecule has 2 atom stereocenters. The van der Waals surface area contributed by atoms with Crippen molar-refractivity contribution < 1.29 is 0 Å². The molecule has 1 heterocycles. The number of nitriles is 1. The Balaban J connectivity index is 2.40. The largest absolute Gasteiger partial charge is 0.309 e. The van der Waals surface area contributed by atoms with Crippen LogP contribution < -0.4 is 5.32 Å². The molecule has 0 aliphatic rings. The third-order valence-electron chi connectivity index (χ3n) is 2.39. The van der Waals surface area contributed by atoms with Gasteiger partial charge >= 0.3 is 0 Å². The molecule has 1 N–H and O–H groups in total. The summed E-state index contributed by atoms with van der Waals surface area (Å²) in [7, 11) is 0. The van der Waals surface area contributed by atoms with E-state index in [2.05, 4.69) is 31.5 Å². The van der Waals surface area contributed by atoms with Crippen molar-refractivity contribution in [2.75, 3.05) is 18.6 Å². The highest BCUT2D eigenvalue weighted by molar-refractivity contribution is 7.98. The predicted molar refractivity (Wildman–Crippen MR) is 73.0 cm³/mol. The van der Waals surface area contributed by atoms with E-state index in [0.29, 0.717) is 12.0 Å². The fraction of sp³-hybridized carbons (Fsp3) is 0.583. The summed E-state index contributed by atoms with van der Waals surface area (Å²) in [6.07, 6.45) is 2.14. The number of nitrogens with one attached hydrogen (secondary N) is 1. The van der Waals surface area contributed by atoms with Crippen LogP contribution in [0, 0.1) is 17.2 Å². The summed E-state index contributed by atoms with van der Waals surface area (Å²) in [5, 5.41) is 12.3. The molecule has 0 saturated heterocycles. The summed E-state index contributed by atoms with van der Waals surface area (Å²) in [6, 6.07) is 6.45. The van der Waals surface area contributed by atoms with Gasteiger partial charge in [0.1, 0.15) is 10.9 Å². The lowest BCUT2D eigenvalue weighted by atomic mass is 10.2. The van der Waals surface area contributed by atoms with E-state index >= 15 is 0 Å². The second kappa shape index (κ2) is 6.95. The minimum atomic E-state index is 0.344. The van der Waals surface area contributed by atoms with Gasteiger partial charge in [0.2, 0.25) is 0 Å². The van der Waals surface area contributed by atoms with Crippen molar-refractivity contribution in [2.45, 2.75) is 19.9 Å². The molecule has 0 fully saturated rings. The van der Waals surface area contributed by atoms with Gasteiger partial charge in [0.25, 0.3) is 0 Å². The quantitative estimate of drug-likeness (QED) is 0.846. The van der Waals surface area contributed by atoms with Crippen LogP contribution in [0.5, 0.6) is 0 Å². The number of rotatable bonds is 6. The fourth-order valence-electron chi connectivity index (χ4n) is 1.47. The van der Waals surface area contributed by atoms with Crippen molar-refractivity contribution in [1.29, 1.82) is 5.26 Å². The van der Waals surface area contributed by atoms with Crippen molar-refractivity contribution in [3.8, 4) is 6.07 Å². The van der Waals surface area contributed by atoms with Crippen LogP contribution in [0.1, 0.15) is 29.6 Å². The first-order valence-electron chi connectivity index (χ1n) is 5.39. The van der Waals surface area contributed by atoms with Gasteiger partial charge in [-0.2, -0.15) is 17.0 Å². The number of thioether (sulfide) groups is 1. The maximum atomic E-state index is 8.76. The first kappa shape index (κ1) is 13.6. The zero-order valence-electron chi connectivity index (χ0n) is 9.99. The molecule has 0 aliphatic heterocycles. The molecule has 1 aromatic heterocycles. The first-order chi connectivity index (χ1) is 7.67.